The molecule has 5 aromatic carbocycles. The van der Waals surface area contributed by atoms with Gasteiger partial charge in [-0.2, -0.15) is 0 Å². The smallest absolute Gasteiger partial charge is 0.0851 e. The van der Waals surface area contributed by atoms with Crippen LogP contribution in [0, 0.1) is 0 Å². The van der Waals surface area contributed by atoms with Crippen LogP contribution in [-0.4, -0.2) is 7.35 Å². The van der Waals surface area contributed by atoms with Crippen molar-refractivity contribution in [3.8, 4) is 5.69 Å². The molecule has 0 N–H and O–H groups in total. The van der Waals surface area contributed by atoms with Crippen LogP contribution >= 0.6 is 34.2 Å². The molecule has 2 nitrogen and oxygen atoms in total. The molecule has 3 aromatic heterocycles. The van der Waals surface area contributed by atoms with Crippen LogP contribution in [0.5, 0.6) is 0 Å². The van der Waals surface area contributed by atoms with Crippen LogP contribution in [0.3, 0.4) is 0 Å². The minimum Gasteiger partial charge on any atom is -0.307 e. The van der Waals surface area contributed by atoms with Crippen LogP contribution in [0.15, 0.2) is 103 Å². The molecule has 8 rings (SSSR count). The van der Waals surface area contributed by atoms with Crippen molar-refractivity contribution in [1.29, 1.82) is 0 Å². The summed E-state index contributed by atoms with van der Waals surface area (Å²) in [7, 11) is 0. The number of hydrogen-bond donors (Lipinski definition) is 0. The lowest BCUT2D eigenvalue weighted by Crippen LogP contribution is -1.95. The van der Waals surface area contributed by atoms with Crippen molar-refractivity contribution in [1.82, 2.24) is 7.35 Å². The molecule has 34 heavy (non-hydrogen) atoms. The van der Waals surface area contributed by atoms with Gasteiger partial charge < -0.3 is 4.57 Å². The summed E-state index contributed by atoms with van der Waals surface area (Å²) in [5.74, 6) is 0. The predicted octanol–water partition coefficient (Wildman–Crippen LogP) is 9.46. The highest BCUT2D eigenvalue weighted by atomic mass is 127. The fraction of sp³-hybridized carbons (Fsp3) is 0. The highest BCUT2D eigenvalue weighted by molar-refractivity contribution is 14.1. The maximum Gasteiger partial charge on any atom is 0.0851 e. The van der Waals surface area contributed by atoms with Gasteiger partial charge in [0.2, 0.25) is 0 Å². The second kappa shape index (κ2) is 6.84. The van der Waals surface area contributed by atoms with Crippen molar-refractivity contribution >= 4 is 98.0 Å². The molecule has 0 amide bonds. The highest BCUT2D eigenvalue weighted by Gasteiger charge is 2.25. The van der Waals surface area contributed by atoms with Crippen LogP contribution < -0.4 is 0 Å². The van der Waals surface area contributed by atoms with Crippen molar-refractivity contribution in [3.63, 3.8) is 0 Å². The number of thiophene rings is 1. The molecule has 0 radical (unpaired) electrons. The van der Waals surface area contributed by atoms with E-state index in [0.717, 1.165) is 0 Å². The fourth-order valence-electron chi connectivity index (χ4n) is 5.68. The second-order valence-electron chi connectivity index (χ2n) is 8.74. The fourth-order valence-corrected chi connectivity index (χ4v) is 7.84. The van der Waals surface area contributed by atoms with E-state index in [4.69, 9.17) is 0 Å². The molecule has 3 heterocycles. The summed E-state index contributed by atoms with van der Waals surface area (Å²) in [5.41, 5.74) is 6.26. The molecular formula is C30H17IN2S. The molecule has 0 fully saturated rings. The third-order valence-corrected chi connectivity index (χ3v) is 9.19. The zero-order valence-corrected chi connectivity index (χ0v) is 21.0. The zero-order chi connectivity index (χ0) is 22.4. The SMILES string of the molecule is In1c2ccccc2c2c3sc4ccccc4c3c3c4ccccc4n(-c4ccccc4)c3c21. The summed E-state index contributed by atoms with van der Waals surface area (Å²) in [6, 6.07) is 37.3. The molecule has 0 saturated heterocycles. The van der Waals surface area contributed by atoms with Gasteiger partial charge in [0.25, 0.3) is 0 Å². The number of halogens is 1. The number of para-hydroxylation sites is 3. The molecule has 0 aliphatic heterocycles. The van der Waals surface area contributed by atoms with E-state index < -0.39 is 0 Å². The maximum atomic E-state index is 2.50. The van der Waals surface area contributed by atoms with Crippen LogP contribution in [0.2, 0.25) is 0 Å². The Bertz CT molecular complexity index is 2080. The largest absolute Gasteiger partial charge is 0.307 e. The lowest BCUT2D eigenvalue weighted by atomic mass is 10.0. The number of fused-ring (bicyclic) bond motifs is 12. The van der Waals surface area contributed by atoms with Crippen molar-refractivity contribution in [2.75, 3.05) is 0 Å². The van der Waals surface area contributed by atoms with E-state index in [0.29, 0.717) is 0 Å². The molecule has 0 saturated carbocycles. The Labute approximate surface area is 213 Å². The maximum absolute atomic E-state index is 2.50. The summed E-state index contributed by atoms with van der Waals surface area (Å²) in [6.07, 6.45) is 0. The van der Waals surface area contributed by atoms with Gasteiger partial charge in [-0.3, -0.25) is 2.78 Å². The Morgan fingerprint density at radius 2 is 1.15 bits per heavy atom. The zero-order valence-electron chi connectivity index (χ0n) is 18.0. The molecule has 0 aliphatic carbocycles. The van der Waals surface area contributed by atoms with Gasteiger partial charge >= 0.3 is 0 Å². The van der Waals surface area contributed by atoms with Crippen molar-refractivity contribution in [3.05, 3.63) is 103 Å². The second-order valence-corrected chi connectivity index (χ2v) is 10.8. The first kappa shape index (κ1) is 19.0. The number of rotatable bonds is 1. The van der Waals surface area contributed by atoms with Gasteiger partial charge in [0, 0.05) is 47.4 Å². The number of hydrogen-bond acceptors (Lipinski definition) is 1. The normalized spacial score (nSPS) is 12.3. The van der Waals surface area contributed by atoms with Gasteiger partial charge in [0.15, 0.2) is 0 Å². The molecule has 8 aromatic rings. The van der Waals surface area contributed by atoms with Crippen molar-refractivity contribution in [2.24, 2.45) is 0 Å². The Morgan fingerprint density at radius 1 is 0.529 bits per heavy atom. The van der Waals surface area contributed by atoms with Gasteiger partial charge in [-0.1, -0.05) is 72.8 Å². The topological polar surface area (TPSA) is 9.86 Å². The summed E-state index contributed by atoms with van der Waals surface area (Å²) in [4.78, 5) is 0. The Kier molecular flexibility index (Phi) is 3.82. The third kappa shape index (κ3) is 2.30. The van der Waals surface area contributed by atoms with E-state index >= 15 is 0 Å². The summed E-state index contributed by atoms with van der Waals surface area (Å²) >= 11 is 4.42. The predicted molar refractivity (Wildman–Crippen MR) is 156 cm³/mol. The van der Waals surface area contributed by atoms with Gasteiger partial charge in [-0.25, -0.2) is 0 Å². The number of aromatic nitrogens is 2. The molecule has 160 valence electrons. The lowest BCUT2D eigenvalue weighted by Gasteiger charge is -2.10. The summed E-state index contributed by atoms with van der Waals surface area (Å²) < 4.78 is 7.55. The quantitative estimate of drug-likeness (QED) is 0.176. The van der Waals surface area contributed by atoms with Gasteiger partial charge in [0.05, 0.1) is 44.9 Å². The van der Waals surface area contributed by atoms with Crippen LogP contribution in [-0.2, 0) is 0 Å². The van der Waals surface area contributed by atoms with E-state index in [1.807, 2.05) is 11.3 Å². The summed E-state index contributed by atoms with van der Waals surface area (Å²) in [5, 5.41) is 8.04. The minimum atomic E-state index is 1.19. The number of benzene rings is 5. The molecular weight excluding hydrogens is 547 g/mol. The Hall–Kier alpha value is -3.35. The summed E-state index contributed by atoms with van der Waals surface area (Å²) in [6.45, 7) is 0. The van der Waals surface area contributed by atoms with Gasteiger partial charge in [0.1, 0.15) is 0 Å². The Morgan fingerprint density at radius 3 is 1.94 bits per heavy atom. The highest BCUT2D eigenvalue weighted by Crippen LogP contribution is 2.50. The van der Waals surface area contributed by atoms with E-state index in [-0.39, 0.29) is 0 Å². The van der Waals surface area contributed by atoms with Crippen LogP contribution in [0.1, 0.15) is 0 Å². The van der Waals surface area contributed by atoms with E-state index in [9.17, 15) is 0 Å². The first-order valence-corrected chi connectivity index (χ1v) is 13.1. The monoisotopic (exact) mass is 564 g/mol. The average Bonchev–Trinajstić information content (AvgIpc) is 3.53. The van der Waals surface area contributed by atoms with Gasteiger partial charge in [-0.05, 0) is 30.3 Å². The van der Waals surface area contributed by atoms with Crippen LogP contribution in [0.4, 0.5) is 0 Å². The molecule has 4 heteroatoms. The van der Waals surface area contributed by atoms with E-state index in [1.165, 1.54) is 69.5 Å². The van der Waals surface area contributed by atoms with Crippen molar-refractivity contribution < 1.29 is 0 Å². The molecule has 0 aliphatic rings. The van der Waals surface area contributed by atoms with Crippen LogP contribution in [0.25, 0.3) is 69.5 Å². The standard InChI is InChI=1S/C30H17IN2S/c31-33-23-16-8-5-13-20(23)27-29(33)28-25(26-21-14-6-9-17-24(21)34-30(26)27)19-12-4-7-15-22(19)32(28)18-10-2-1-3-11-18/h1-17H. The Balaban J connectivity index is 1.83. The van der Waals surface area contributed by atoms with Gasteiger partial charge in [-0.15, -0.1) is 11.3 Å². The van der Waals surface area contributed by atoms with Crippen molar-refractivity contribution in [2.45, 2.75) is 0 Å². The molecule has 0 bridgehead atoms. The van der Waals surface area contributed by atoms with E-state index in [1.54, 1.807) is 0 Å². The number of nitrogens with zero attached hydrogens (tertiary/aromatic N) is 2. The lowest BCUT2D eigenvalue weighted by molar-refractivity contribution is 1.18. The minimum absolute atomic E-state index is 1.19. The van der Waals surface area contributed by atoms with E-state index in [2.05, 4.69) is 133 Å². The molecule has 0 unspecified atom stereocenters. The average molecular weight is 564 g/mol. The first-order chi connectivity index (χ1) is 16.8. The first-order valence-electron chi connectivity index (χ1n) is 11.3. The third-order valence-electron chi connectivity index (χ3n) is 7.00. The molecule has 0 atom stereocenters. The molecule has 0 spiro atoms.